The first-order valence-electron chi connectivity index (χ1n) is 8.63. The summed E-state index contributed by atoms with van der Waals surface area (Å²) in [6, 6.07) is 0.475. The van der Waals surface area contributed by atoms with E-state index >= 15 is 0 Å². The molecule has 0 aromatic carbocycles. The van der Waals surface area contributed by atoms with Crippen LogP contribution in [0.2, 0.25) is 0 Å². The van der Waals surface area contributed by atoms with E-state index in [1.54, 1.807) is 0 Å². The normalized spacial score (nSPS) is 24.1. The molecule has 3 nitrogen and oxygen atoms in total. The second kappa shape index (κ2) is 7.44. The molecule has 0 spiro atoms. The first-order chi connectivity index (χ1) is 9.67. The Morgan fingerprint density at radius 3 is 2.15 bits per heavy atom. The average Bonchev–Trinajstić information content (AvgIpc) is 2.76. The van der Waals surface area contributed by atoms with E-state index in [1.165, 1.54) is 57.8 Å². The van der Waals surface area contributed by atoms with Gasteiger partial charge in [-0.05, 0) is 37.6 Å². The van der Waals surface area contributed by atoms with Crippen molar-refractivity contribution in [2.75, 3.05) is 13.6 Å². The third kappa shape index (κ3) is 3.97. The van der Waals surface area contributed by atoms with Crippen LogP contribution in [0.25, 0.3) is 0 Å². The summed E-state index contributed by atoms with van der Waals surface area (Å²) in [6.07, 6.45) is 14.4. The number of amides is 1. The molecule has 0 radical (unpaired) electrons. The Hall–Kier alpha value is -0.570. The van der Waals surface area contributed by atoms with Crippen molar-refractivity contribution < 1.29 is 4.79 Å². The van der Waals surface area contributed by atoms with E-state index in [0.29, 0.717) is 24.9 Å². The summed E-state index contributed by atoms with van der Waals surface area (Å²) in [5, 5.41) is 0. The topological polar surface area (TPSA) is 46.3 Å². The van der Waals surface area contributed by atoms with Gasteiger partial charge in [0.1, 0.15) is 0 Å². The van der Waals surface area contributed by atoms with Gasteiger partial charge in [-0.2, -0.15) is 0 Å². The van der Waals surface area contributed by atoms with Crippen LogP contribution in [0.3, 0.4) is 0 Å². The smallest absolute Gasteiger partial charge is 0.223 e. The highest BCUT2D eigenvalue weighted by Crippen LogP contribution is 2.39. The summed E-state index contributed by atoms with van der Waals surface area (Å²) in [7, 11) is 2.02. The molecule has 0 aromatic rings. The fourth-order valence-corrected chi connectivity index (χ4v) is 4.05. The van der Waals surface area contributed by atoms with Crippen LogP contribution < -0.4 is 5.73 Å². The molecule has 0 saturated heterocycles. The molecule has 3 heteroatoms. The Morgan fingerprint density at radius 1 is 1.05 bits per heavy atom. The summed E-state index contributed by atoms with van der Waals surface area (Å²) in [5.41, 5.74) is 6.12. The molecule has 0 atom stereocenters. The lowest BCUT2D eigenvalue weighted by Crippen LogP contribution is -2.42. The molecule has 2 fully saturated rings. The summed E-state index contributed by atoms with van der Waals surface area (Å²) in [5.74, 6) is 0.337. The van der Waals surface area contributed by atoms with Gasteiger partial charge in [-0.15, -0.1) is 0 Å². The van der Waals surface area contributed by atoms with Crippen LogP contribution in [0.5, 0.6) is 0 Å². The summed E-state index contributed by atoms with van der Waals surface area (Å²) >= 11 is 0. The van der Waals surface area contributed by atoms with E-state index in [-0.39, 0.29) is 5.41 Å². The second-order valence-electron chi connectivity index (χ2n) is 7.09. The monoisotopic (exact) mass is 280 g/mol. The van der Waals surface area contributed by atoms with Crippen molar-refractivity contribution in [3.8, 4) is 0 Å². The van der Waals surface area contributed by atoms with Crippen molar-refractivity contribution in [1.29, 1.82) is 0 Å². The molecule has 2 saturated carbocycles. The maximum absolute atomic E-state index is 12.7. The third-order valence-corrected chi connectivity index (χ3v) is 5.64. The van der Waals surface area contributed by atoms with Crippen LogP contribution >= 0.6 is 0 Å². The van der Waals surface area contributed by atoms with Gasteiger partial charge in [-0.3, -0.25) is 4.79 Å². The number of hydrogen-bond donors (Lipinski definition) is 1. The minimum absolute atomic E-state index is 0.105. The number of carbonyl (C=O) groups is 1. The molecule has 0 bridgehead atoms. The summed E-state index contributed by atoms with van der Waals surface area (Å²) in [6.45, 7) is 0.678. The highest BCUT2D eigenvalue weighted by Gasteiger charge is 2.35. The van der Waals surface area contributed by atoms with E-state index in [9.17, 15) is 4.79 Å². The maximum atomic E-state index is 12.7. The first kappa shape index (κ1) is 15.8. The van der Waals surface area contributed by atoms with Crippen LogP contribution in [0.4, 0.5) is 0 Å². The molecule has 0 aromatic heterocycles. The molecular weight excluding hydrogens is 248 g/mol. The van der Waals surface area contributed by atoms with Crippen molar-refractivity contribution in [3.63, 3.8) is 0 Å². The first-order valence-corrected chi connectivity index (χ1v) is 8.63. The van der Waals surface area contributed by atoms with Crippen LogP contribution in [-0.2, 0) is 4.79 Å². The van der Waals surface area contributed by atoms with Gasteiger partial charge >= 0.3 is 0 Å². The zero-order valence-corrected chi connectivity index (χ0v) is 13.2. The summed E-state index contributed by atoms with van der Waals surface area (Å²) < 4.78 is 0. The van der Waals surface area contributed by atoms with Gasteiger partial charge in [0.15, 0.2) is 0 Å². The summed E-state index contributed by atoms with van der Waals surface area (Å²) in [4.78, 5) is 14.7. The molecule has 0 unspecified atom stereocenters. The molecule has 2 N–H and O–H groups in total. The highest BCUT2D eigenvalue weighted by molar-refractivity contribution is 5.77. The lowest BCUT2D eigenvalue weighted by molar-refractivity contribution is -0.135. The molecule has 2 rings (SSSR count). The van der Waals surface area contributed by atoms with Gasteiger partial charge in [0.25, 0.3) is 0 Å². The van der Waals surface area contributed by atoms with Gasteiger partial charge in [0.05, 0.1) is 0 Å². The molecule has 0 heterocycles. The molecule has 1 amide bonds. The molecule has 116 valence electrons. The molecule has 2 aliphatic rings. The van der Waals surface area contributed by atoms with Crippen molar-refractivity contribution in [3.05, 3.63) is 0 Å². The Balaban J connectivity index is 1.91. The van der Waals surface area contributed by atoms with Gasteiger partial charge in [-0.25, -0.2) is 0 Å². The van der Waals surface area contributed by atoms with Crippen molar-refractivity contribution in [1.82, 2.24) is 4.90 Å². The Kier molecular flexibility index (Phi) is 5.88. The van der Waals surface area contributed by atoms with Crippen LogP contribution in [-0.4, -0.2) is 30.4 Å². The highest BCUT2D eigenvalue weighted by atomic mass is 16.2. The lowest BCUT2D eigenvalue weighted by Gasteiger charge is -2.38. The predicted octanol–water partition coefficient (Wildman–Crippen LogP) is 3.47. The predicted molar refractivity (Wildman–Crippen MR) is 83.4 cm³/mol. The minimum atomic E-state index is 0.105. The van der Waals surface area contributed by atoms with Gasteiger partial charge in [0, 0.05) is 19.5 Å². The fourth-order valence-electron chi connectivity index (χ4n) is 4.05. The Morgan fingerprint density at radius 2 is 1.60 bits per heavy atom. The lowest BCUT2D eigenvalue weighted by atomic mass is 9.71. The number of rotatable bonds is 4. The zero-order valence-electron chi connectivity index (χ0n) is 13.2. The van der Waals surface area contributed by atoms with Crippen LogP contribution in [0.1, 0.15) is 77.0 Å². The zero-order chi connectivity index (χ0) is 14.4. The van der Waals surface area contributed by atoms with Gasteiger partial charge in [-0.1, -0.05) is 44.9 Å². The number of nitrogens with two attached hydrogens (primary N) is 1. The van der Waals surface area contributed by atoms with Crippen LogP contribution in [0.15, 0.2) is 0 Å². The van der Waals surface area contributed by atoms with Crippen molar-refractivity contribution in [2.24, 2.45) is 11.1 Å². The minimum Gasteiger partial charge on any atom is -0.343 e. The number of hydrogen-bond acceptors (Lipinski definition) is 2. The Bertz CT molecular complexity index is 302. The largest absolute Gasteiger partial charge is 0.343 e. The molecule has 0 aliphatic heterocycles. The molecular formula is C17H32N2O. The fraction of sp³-hybridized carbons (Fsp3) is 0.941. The quantitative estimate of drug-likeness (QED) is 0.802. The van der Waals surface area contributed by atoms with Crippen molar-refractivity contribution in [2.45, 2.75) is 83.1 Å². The van der Waals surface area contributed by atoms with Crippen molar-refractivity contribution >= 4 is 5.91 Å². The van der Waals surface area contributed by atoms with E-state index in [0.717, 1.165) is 12.8 Å². The number of carbonyl (C=O) groups excluding carboxylic acids is 1. The average molecular weight is 280 g/mol. The molecule has 2 aliphatic carbocycles. The van der Waals surface area contributed by atoms with Crippen LogP contribution in [0, 0.1) is 5.41 Å². The van der Waals surface area contributed by atoms with Gasteiger partial charge < -0.3 is 10.6 Å². The van der Waals surface area contributed by atoms with E-state index in [1.807, 2.05) is 7.05 Å². The van der Waals surface area contributed by atoms with Gasteiger partial charge in [0.2, 0.25) is 5.91 Å². The maximum Gasteiger partial charge on any atom is 0.223 e. The third-order valence-electron chi connectivity index (χ3n) is 5.64. The van der Waals surface area contributed by atoms with E-state index in [4.69, 9.17) is 5.73 Å². The second-order valence-corrected chi connectivity index (χ2v) is 7.09. The number of nitrogens with zero attached hydrogens (tertiary/aromatic N) is 1. The standard InChI is InChI=1S/C17H32N2O/c1-19(15-9-5-2-3-6-10-15)16(20)13-17(14-18)11-7-4-8-12-17/h15H,2-14,18H2,1H3. The Labute approximate surface area is 124 Å². The molecule has 20 heavy (non-hydrogen) atoms. The SMILES string of the molecule is CN(C(=O)CC1(CN)CCCCC1)C1CCCCCC1. The van der Waals surface area contributed by atoms with E-state index in [2.05, 4.69) is 4.90 Å². The van der Waals surface area contributed by atoms with E-state index < -0.39 is 0 Å².